The molecule has 6 heteroatoms. The highest BCUT2D eigenvalue weighted by atomic mass is 32.2. The van der Waals surface area contributed by atoms with Crippen molar-refractivity contribution in [3.63, 3.8) is 0 Å². The minimum atomic E-state index is -3.81. The van der Waals surface area contributed by atoms with Crippen LogP contribution in [-0.4, -0.2) is 19.6 Å². The SMILES string of the molecule is CC(NS(=O)(=O)c1cc(F)ccc1CO)C1CCCC1. The second-order valence-electron chi connectivity index (χ2n) is 5.36. The number of aliphatic hydroxyl groups excluding tert-OH is 1. The van der Waals surface area contributed by atoms with E-state index in [9.17, 15) is 17.9 Å². The molecule has 4 nitrogen and oxygen atoms in total. The first-order valence-corrected chi connectivity index (χ1v) is 8.34. The molecule has 1 aliphatic carbocycles. The molecular formula is C14H20FNO3S. The van der Waals surface area contributed by atoms with E-state index in [1.54, 1.807) is 0 Å². The van der Waals surface area contributed by atoms with Crippen molar-refractivity contribution in [1.29, 1.82) is 0 Å². The first-order chi connectivity index (χ1) is 9.44. The van der Waals surface area contributed by atoms with Gasteiger partial charge in [-0.25, -0.2) is 17.5 Å². The van der Waals surface area contributed by atoms with E-state index in [-0.39, 0.29) is 16.5 Å². The van der Waals surface area contributed by atoms with Gasteiger partial charge in [-0.05, 0) is 43.4 Å². The lowest BCUT2D eigenvalue weighted by atomic mass is 10.0. The fourth-order valence-corrected chi connectivity index (χ4v) is 4.33. The molecule has 1 unspecified atom stereocenters. The van der Waals surface area contributed by atoms with Gasteiger partial charge >= 0.3 is 0 Å². The van der Waals surface area contributed by atoms with E-state index in [1.807, 2.05) is 6.92 Å². The van der Waals surface area contributed by atoms with Gasteiger partial charge in [0.1, 0.15) is 5.82 Å². The summed E-state index contributed by atoms with van der Waals surface area (Å²) in [5.74, 6) is -0.299. The van der Waals surface area contributed by atoms with Crippen molar-refractivity contribution >= 4 is 10.0 Å². The zero-order valence-electron chi connectivity index (χ0n) is 11.5. The lowest BCUT2D eigenvalue weighted by molar-refractivity contribution is 0.278. The molecule has 112 valence electrons. The highest BCUT2D eigenvalue weighted by Gasteiger charge is 2.27. The van der Waals surface area contributed by atoms with Gasteiger partial charge in [0.25, 0.3) is 0 Å². The van der Waals surface area contributed by atoms with Crippen molar-refractivity contribution in [1.82, 2.24) is 4.72 Å². The Morgan fingerprint density at radius 2 is 2.05 bits per heavy atom. The van der Waals surface area contributed by atoms with Gasteiger partial charge < -0.3 is 5.11 Å². The van der Waals surface area contributed by atoms with Crippen molar-refractivity contribution in [3.05, 3.63) is 29.6 Å². The summed E-state index contributed by atoms with van der Waals surface area (Å²) >= 11 is 0. The molecule has 1 aromatic rings. The zero-order valence-corrected chi connectivity index (χ0v) is 12.3. The summed E-state index contributed by atoms with van der Waals surface area (Å²) < 4.78 is 40.6. The molecule has 0 aromatic heterocycles. The van der Waals surface area contributed by atoms with Crippen LogP contribution in [0, 0.1) is 11.7 Å². The van der Waals surface area contributed by atoms with Crippen LogP contribution in [-0.2, 0) is 16.6 Å². The average Bonchev–Trinajstić information content (AvgIpc) is 2.92. The molecule has 1 saturated carbocycles. The van der Waals surface area contributed by atoms with E-state index in [2.05, 4.69) is 4.72 Å². The Morgan fingerprint density at radius 3 is 2.65 bits per heavy atom. The Kier molecular flexibility index (Phi) is 4.78. The Labute approximate surface area is 119 Å². The molecule has 0 bridgehead atoms. The van der Waals surface area contributed by atoms with Crippen LogP contribution in [0.5, 0.6) is 0 Å². The van der Waals surface area contributed by atoms with Crippen LogP contribution < -0.4 is 4.72 Å². The first-order valence-electron chi connectivity index (χ1n) is 6.85. The summed E-state index contributed by atoms with van der Waals surface area (Å²) in [7, 11) is -3.81. The molecule has 1 fully saturated rings. The maximum atomic E-state index is 13.3. The van der Waals surface area contributed by atoms with Crippen molar-refractivity contribution in [3.8, 4) is 0 Å². The van der Waals surface area contributed by atoms with E-state index < -0.39 is 22.4 Å². The van der Waals surface area contributed by atoms with E-state index in [4.69, 9.17) is 0 Å². The van der Waals surface area contributed by atoms with Crippen LogP contribution in [0.3, 0.4) is 0 Å². The maximum absolute atomic E-state index is 13.3. The molecule has 1 aliphatic rings. The number of rotatable bonds is 5. The van der Waals surface area contributed by atoms with Gasteiger partial charge in [-0.1, -0.05) is 18.9 Å². The number of hydrogen-bond acceptors (Lipinski definition) is 3. The van der Waals surface area contributed by atoms with Crippen molar-refractivity contribution in [2.75, 3.05) is 0 Å². The van der Waals surface area contributed by atoms with Crippen LogP contribution in [0.25, 0.3) is 0 Å². The second kappa shape index (κ2) is 6.20. The largest absolute Gasteiger partial charge is 0.392 e. The molecular weight excluding hydrogens is 281 g/mol. The van der Waals surface area contributed by atoms with Crippen LogP contribution in [0.4, 0.5) is 4.39 Å². The van der Waals surface area contributed by atoms with E-state index in [0.717, 1.165) is 37.8 Å². The smallest absolute Gasteiger partial charge is 0.241 e. The first kappa shape index (κ1) is 15.4. The maximum Gasteiger partial charge on any atom is 0.241 e. The van der Waals surface area contributed by atoms with Crippen LogP contribution in [0.2, 0.25) is 0 Å². The van der Waals surface area contributed by atoms with Crippen molar-refractivity contribution in [2.24, 2.45) is 5.92 Å². The van der Waals surface area contributed by atoms with Crippen LogP contribution >= 0.6 is 0 Å². The molecule has 2 rings (SSSR count). The topological polar surface area (TPSA) is 66.4 Å². The number of aliphatic hydroxyl groups is 1. The third-order valence-corrected chi connectivity index (χ3v) is 5.58. The molecule has 0 radical (unpaired) electrons. The molecule has 20 heavy (non-hydrogen) atoms. The van der Waals surface area contributed by atoms with Crippen LogP contribution in [0.1, 0.15) is 38.2 Å². The molecule has 0 saturated heterocycles. The molecule has 2 N–H and O–H groups in total. The highest BCUT2D eigenvalue weighted by Crippen LogP contribution is 2.28. The van der Waals surface area contributed by atoms with Crippen LogP contribution in [0.15, 0.2) is 23.1 Å². The summed E-state index contributed by atoms with van der Waals surface area (Å²) in [4.78, 5) is -0.176. The van der Waals surface area contributed by atoms with Gasteiger partial charge in [-0.2, -0.15) is 0 Å². The lowest BCUT2D eigenvalue weighted by Gasteiger charge is -2.21. The Hall–Kier alpha value is -0.980. The summed E-state index contributed by atoms with van der Waals surface area (Å²) in [5, 5.41) is 9.20. The molecule has 0 heterocycles. The second-order valence-corrected chi connectivity index (χ2v) is 7.05. The fraction of sp³-hybridized carbons (Fsp3) is 0.571. The summed E-state index contributed by atoms with van der Waals surface area (Å²) in [6, 6.07) is 3.21. The zero-order chi connectivity index (χ0) is 14.8. The molecule has 1 atom stereocenters. The predicted octanol–water partition coefficient (Wildman–Crippen LogP) is 2.17. The monoisotopic (exact) mass is 301 g/mol. The molecule has 0 aliphatic heterocycles. The fourth-order valence-electron chi connectivity index (χ4n) is 2.77. The molecule has 0 spiro atoms. The van der Waals surface area contributed by atoms with Crippen molar-refractivity contribution in [2.45, 2.75) is 50.2 Å². The van der Waals surface area contributed by atoms with Gasteiger partial charge in [0.15, 0.2) is 0 Å². The van der Waals surface area contributed by atoms with Gasteiger partial charge in [0.2, 0.25) is 10.0 Å². The minimum Gasteiger partial charge on any atom is -0.392 e. The average molecular weight is 301 g/mol. The van der Waals surface area contributed by atoms with E-state index >= 15 is 0 Å². The summed E-state index contributed by atoms with van der Waals surface area (Å²) in [6.45, 7) is 1.40. The normalized spacial score (nSPS) is 18.4. The molecule has 1 aromatic carbocycles. The number of sulfonamides is 1. The Bertz CT molecular complexity index is 568. The van der Waals surface area contributed by atoms with Crippen molar-refractivity contribution < 1.29 is 17.9 Å². The summed E-state index contributed by atoms with van der Waals surface area (Å²) in [6.07, 6.45) is 4.27. The number of hydrogen-bond donors (Lipinski definition) is 2. The third-order valence-electron chi connectivity index (χ3n) is 3.94. The van der Waals surface area contributed by atoms with E-state index in [1.165, 1.54) is 6.07 Å². The number of benzene rings is 1. The number of nitrogens with one attached hydrogen (secondary N) is 1. The highest BCUT2D eigenvalue weighted by molar-refractivity contribution is 7.89. The third kappa shape index (κ3) is 3.37. The Balaban J connectivity index is 2.23. The van der Waals surface area contributed by atoms with Gasteiger partial charge in [0.05, 0.1) is 11.5 Å². The quantitative estimate of drug-likeness (QED) is 0.876. The molecule has 0 amide bonds. The number of halogens is 1. The standard InChI is InChI=1S/C14H20FNO3S/c1-10(11-4-2-3-5-11)16-20(18,19)14-8-13(15)7-6-12(14)9-17/h6-8,10-11,16-17H,2-5,9H2,1H3. The Morgan fingerprint density at radius 1 is 1.40 bits per heavy atom. The van der Waals surface area contributed by atoms with Gasteiger partial charge in [0, 0.05) is 6.04 Å². The predicted molar refractivity (Wildman–Crippen MR) is 74.1 cm³/mol. The van der Waals surface area contributed by atoms with Gasteiger partial charge in [-0.3, -0.25) is 0 Å². The van der Waals surface area contributed by atoms with Gasteiger partial charge in [-0.15, -0.1) is 0 Å². The van der Waals surface area contributed by atoms with E-state index in [0.29, 0.717) is 5.92 Å². The minimum absolute atomic E-state index is 0.176. The lowest BCUT2D eigenvalue weighted by Crippen LogP contribution is -2.37. The summed E-state index contributed by atoms with van der Waals surface area (Å²) in [5.41, 5.74) is 0.206.